The lowest BCUT2D eigenvalue weighted by Crippen LogP contribution is -2.27. The number of ether oxygens (including phenoxy) is 2. The smallest absolute Gasteiger partial charge is 0.373 e. The summed E-state index contributed by atoms with van der Waals surface area (Å²) in [5.74, 6) is -1.42. The maximum Gasteiger partial charge on any atom is 0.373 e. The van der Waals surface area contributed by atoms with Gasteiger partial charge in [-0.25, -0.2) is 9.59 Å². The first-order valence-corrected chi connectivity index (χ1v) is 12.5. The van der Waals surface area contributed by atoms with Gasteiger partial charge in [0.15, 0.2) is 0 Å². The van der Waals surface area contributed by atoms with Gasteiger partial charge in [0.1, 0.15) is 18.1 Å². The number of carbonyl (C=O) groups is 4. The van der Waals surface area contributed by atoms with Crippen molar-refractivity contribution < 1.29 is 38.2 Å². The van der Waals surface area contributed by atoms with Gasteiger partial charge in [0.25, 0.3) is 11.1 Å². The summed E-state index contributed by atoms with van der Waals surface area (Å²) in [5, 5.41) is 10.4. The standard InChI is InChI=1S/C29H21NO8S/c1-36-28(34)24-13-11-20(38-24)15-30-26(31)25(39-29(30)35)14-22-21-5-3-2-4-18(21)10-12-23(22)37-16-17-6-8-19(9-7-17)27(32)33/h2-14H,15-16H2,1H3,(H,32,33)/b25-14+. The number of aromatic carboxylic acids is 1. The molecule has 0 saturated carbocycles. The lowest BCUT2D eigenvalue weighted by molar-refractivity contribution is -0.123. The molecule has 1 aliphatic rings. The van der Waals surface area contributed by atoms with E-state index in [4.69, 9.17) is 14.3 Å². The highest BCUT2D eigenvalue weighted by Gasteiger charge is 2.36. The predicted octanol–water partition coefficient (Wildman–Crippen LogP) is 5.73. The number of hydrogen-bond donors (Lipinski definition) is 1. The second-order valence-electron chi connectivity index (χ2n) is 8.51. The van der Waals surface area contributed by atoms with Crippen LogP contribution in [0.25, 0.3) is 16.8 Å². The van der Waals surface area contributed by atoms with Gasteiger partial charge in [0.05, 0.1) is 24.1 Å². The lowest BCUT2D eigenvalue weighted by Gasteiger charge is -2.13. The highest BCUT2D eigenvalue weighted by molar-refractivity contribution is 8.18. The van der Waals surface area contributed by atoms with Gasteiger partial charge in [0.2, 0.25) is 5.76 Å². The van der Waals surface area contributed by atoms with Crippen molar-refractivity contribution in [3.05, 3.63) is 106 Å². The fraction of sp³-hybridized carbons (Fsp3) is 0.103. The van der Waals surface area contributed by atoms with Crippen LogP contribution in [0.5, 0.6) is 5.75 Å². The Bertz CT molecular complexity index is 1640. The largest absolute Gasteiger partial charge is 0.488 e. The van der Waals surface area contributed by atoms with Gasteiger partial charge in [0, 0.05) is 5.56 Å². The number of nitrogens with zero attached hydrogens (tertiary/aromatic N) is 1. The maximum atomic E-state index is 13.2. The van der Waals surface area contributed by atoms with Crippen LogP contribution in [0, 0.1) is 0 Å². The second kappa shape index (κ2) is 10.9. The van der Waals surface area contributed by atoms with Gasteiger partial charge < -0.3 is 19.0 Å². The molecule has 2 amide bonds. The van der Waals surface area contributed by atoms with Gasteiger partial charge >= 0.3 is 11.9 Å². The average Bonchev–Trinajstić information content (AvgIpc) is 3.52. The van der Waals surface area contributed by atoms with E-state index in [0.717, 1.165) is 33.0 Å². The number of amides is 2. The predicted molar refractivity (Wildman–Crippen MR) is 143 cm³/mol. The molecule has 3 aromatic carbocycles. The molecule has 0 atom stereocenters. The monoisotopic (exact) mass is 543 g/mol. The lowest BCUT2D eigenvalue weighted by atomic mass is 10.0. The Labute approximate surface area is 226 Å². The molecule has 196 valence electrons. The number of thioether (sulfide) groups is 1. The Morgan fingerprint density at radius 3 is 2.51 bits per heavy atom. The fourth-order valence-electron chi connectivity index (χ4n) is 4.05. The molecule has 39 heavy (non-hydrogen) atoms. The molecular formula is C29H21NO8S. The summed E-state index contributed by atoms with van der Waals surface area (Å²) in [5.41, 5.74) is 1.58. The molecule has 0 unspecified atom stereocenters. The van der Waals surface area contributed by atoms with Gasteiger partial charge in [-0.1, -0.05) is 42.5 Å². The van der Waals surface area contributed by atoms with Crippen LogP contribution < -0.4 is 4.74 Å². The zero-order chi connectivity index (χ0) is 27.5. The van der Waals surface area contributed by atoms with Crippen molar-refractivity contribution in [2.24, 2.45) is 0 Å². The number of rotatable bonds is 8. The summed E-state index contributed by atoms with van der Waals surface area (Å²) in [7, 11) is 1.23. The van der Waals surface area contributed by atoms with E-state index >= 15 is 0 Å². The van der Waals surface area contributed by atoms with Gasteiger partial charge in [-0.05, 0) is 64.5 Å². The third kappa shape index (κ3) is 5.41. The molecule has 9 nitrogen and oxygen atoms in total. The Balaban J connectivity index is 1.42. The van der Waals surface area contributed by atoms with Crippen molar-refractivity contribution in [2.75, 3.05) is 7.11 Å². The van der Waals surface area contributed by atoms with Crippen molar-refractivity contribution >= 4 is 51.7 Å². The first kappa shape index (κ1) is 25.8. The number of esters is 1. The number of carboxylic acid groups (broad SMARTS) is 1. The summed E-state index contributed by atoms with van der Waals surface area (Å²) < 4.78 is 16.1. The van der Waals surface area contributed by atoms with E-state index in [1.807, 2.05) is 30.3 Å². The van der Waals surface area contributed by atoms with Crippen LogP contribution in [0.1, 0.15) is 37.8 Å². The van der Waals surface area contributed by atoms with Crippen molar-refractivity contribution in [3.63, 3.8) is 0 Å². The number of methoxy groups -OCH3 is 1. The molecule has 1 N–H and O–H groups in total. The molecule has 0 bridgehead atoms. The number of hydrogen-bond acceptors (Lipinski definition) is 8. The number of furan rings is 1. The summed E-state index contributed by atoms with van der Waals surface area (Å²) >= 11 is 0.804. The number of imide groups is 1. The molecule has 1 aromatic heterocycles. The molecule has 2 heterocycles. The van der Waals surface area contributed by atoms with Crippen LogP contribution in [0.2, 0.25) is 0 Å². The molecule has 0 radical (unpaired) electrons. The van der Waals surface area contributed by atoms with E-state index in [9.17, 15) is 19.2 Å². The van der Waals surface area contributed by atoms with E-state index in [2.05, 4.69) is 4.74 Å². The zero-order valence-electron chi connectivity index (χ0n) is 20.6. The highest BCUT2D eigenvalue weighted by atomic mass is 32.2. The molecule has 0 aliphatic carbocycles. The minimum absolute atomic E-state index is 0.0230. The van der Waals surface area contributed by atoms with Gasteiger partial charge in [-0.3, -0.25) is 14.5 Å². The van der Waals surface area contributed by atoms with E-state index in [-0.39, 0.29) is 35.1 Å². The van der Waals surface area contributed by atoms with Crippen molar-refractivity contribution in [1.82, 2.24) is 4.90 Å². The Kier molecular flexibility index (Phi) is 7.20. The number of carbonyl (C=O) groups excluding carboxylic acids is 3. The molecule has 1 saturated heterocycles. The molecule has 1 aliphatic heterocycles. The van der Waals surface area contributed by atoms with E-state index in [0.29, 0.717) is 11.3 Å². The van der Waals surface area contributed by atoms with Crippen LogP contribution in [0.4, 0.5) is 4.79 Å². The maximum absolute atomic E-state index is 13.2. The highest BCUT2D eigenvalue weighted by Crippen LogP contribution is 2.37. The molecule has 0 spiro atoms. The van der Waals surface area contributed by atoms with Crippen molar-refractivity contribution in [1.29, 1.82) is 0 Å². The van der Waals surface area contributed by atoms with Crippen molar-refractivity contribution in [3.8, 4) is 5.75 Å². The summed E-state index contributed by atoms with van der Waals surface area (Å²) in [4.78, 5) is 50.0. The SMILES string of the molecule is COC(=O)c1ccc(CN2C(=O)S/C(=C/c3c(OCc4ccc(C(=O)O)cc4)ccc4ccccc34)C2=O)o1. The summed E-state index contributed by atoms with van der Waals surface area (Å²) in [6.07, 6.45) is 1.64. The van der Waals surface area contributed by atoms with E-state index < -0.39 is 23.1 Å². The van der Waals surface area contributed by atoms with Crippen molar-refractivity contribution in [2.45, 2.75) is 13.2 Å². The number of benzene rings is 3. The first-order chi connectivity index (χ1) is 18.8. The second-order valence-corrected chi connectivity index (χ2v) is 9.51. The Hall–Kier alpha value is -4.83. The van der Waals surface area contributed by atoms with E-state index in [1.165, 1.54) is 31.4 Å². The van der Waals surface area contributed by atoms with Crippen LogP contribution in [-0.2, 0) is 22.7 Å². The van der Waals surface area contributed by atoms with Crippen LogP contribution >= 0.6 is 11.8 Å². The molecule has 5 rings (SSSR count). The number of fused-ring (bicyclic) bond motifs is 1. The van der Waals surface area contributed by atoms with Crippen LogP contribution in [0.3, 0.4) is 0 Å². The third-order valence-corrected chi connectivity index (χ3v) is 6.94. The van der Waals surface area contributed by atoms with Gasteiger partial charge in [-0.15, -0.1) is 0 Å². The Morgan fingerprint density at radius 2 is 1.77 bits per heavy atom. The molecule has 1 fully saturated rings. The number of carboxylic acids is 1. The topological polar surface area (TPSA) is 123 Å². The van der Waals surface area contributed by atoms with E-state index in [1.54, 1.807) is 24.3 Å². The first-order valence-electron chi connectivity index (χ1n) is 11.7. The molecular weight excluding hydrogens is 522 g/mol. The summed E-state index contributed by atoms with van der Waals surface area (Å²) in [6.45, 7) is 0.0335. The minimum atomic E-state index is -1.01. The third-order valence-electron chi connectivity index (χ3n) is 6.04. The normalized spacial score (nSPS) is 14.3. The molecule has 4 aromatic rings. The average molecular weight is 544 g/mol. The zero-order valence-corrected chi connectivity index (χ0v) is 21.4. The minimum Gasteiger partial charge on any atom is -0.488 e. The van der Waals surface area contributed by atoms with Gasteiger partial charge in [-0.2, -0.15) is 0 Å². The fourth-order valence-corrected chi connectivity index (χ4v) is 4.87. The van der Waals surface area contributed by atoms with Crippen LogP contribution in [0.15, 0.2) is 82.1 Å². The quantitative estimate of drug-likeness (QED) is 0.219. The Morgan fingerprint density at radius 1 is 1.00 bits per heavy atom. The molecule has 10 heteroatoms. The summed E-state index contributed by atoms with van der Waals surface area (Å²) in [6, 6.07) is 20.6. The van der Waals surface area contributed by atoms with Crippen LogP contribution in [-0.4, -0.2) is 40.2 Å².